The van der Waals surface area contributed by atoms with Gasteiger partial charge >= 0.3 is 0 Å². The molecule has 0 radical (unpaired) electrons. The number of pyridine rings is 1. The molecule has 1 amide bonds. The summed E-state index contributed by atoms with van der Waals surface area (Å²) in [6.45, 7) is 3.12. The van der Waals surface area contributed by atoms with Crippen LogP contribution in [0.5, 0.6) is 0 Å². The minimum absolute atomic E-state index is 0.0200. The zero-order chi connectivity index (χ0) is 21.7. The fourth-order valence-electron chi connectivity index (χ4n) is 6.11. The zero-order valence-corrected chi connectivity index (χ0v) is 18.6. The lowest BCUT2D eigenvalue weighted by molar-refractivity contribution is -0.138. The molecule has 2 atom stereocenters. The number of aromatic nitrogens is 3. The van der Waals surface area contributed by atoms with Gasteiger partial charge in [-0.05, 0) is 68.1 Å². The van der Waals surface area contributed by atoms with Crippen molar-refractivity contribution in [2.75, 3.05) is 13.1 Å². The number of aromatic amines is 1. The van der Waals surface area contributed by atoms with Crippen LogP contribution >= 0.6 is 0 Å². The molecule has 2 aromatic rings. The van der Waals surface area contributed by atoms with Crippen LogP contribution in [-0.2, 0) is 24.3 Å². The molecule has 4 aliphatic rings. The van der Waals surface area contributed by atoms with Crippen molar-refractivity contribution in [2.24, 2.45) is 11.3 Å². The van der Waals surface area contributed by atoms with Crippen molar-refractivity contribution in [2.45, 2.75) is 70.5 Å². The first-order chi connectivity index (χ1) is 15.6. The second-order valence-corrected chi connectivity index (χ2v) is 10.2. The van der Waals surface area contributed by atoms with E-state index in [0.717, 1.165) is 56.6 Å². The van der Waals surface area contributed by atoms with E-state index in [9.17, 15) is 9.59 Å². The van der Waals surface area contributed by atoms with E-state index in [2.05, 4.69) is 14.9 Å². The number of fused-ring (bicyclic) bond motifs is 1. The molecule has 6 rings (SSSR count). The van der Waals surface area contributed by atoms with Gasteiger partial charge in [-0.25, -0.2) is 4.98 Å². The van der Waals surface area contributed by atoms with Crippen LogP contribution in [0.3, 0.4) is 0 Å². The van der Waals surface area contributed by atoms with Gasteiger partial charge in [-0.2, -0.15) is 0 Å². The van der Waals surface area contributed by atoms with Gasteiger partial charge in [0, 0.05) is 50.1 Å². The smallest absolute Gasteiger partial charge is 0.254 e. The molecule has 1 saturated heterocycles. The standard InChI is InChI=1S/C25H31N5O2/c31-23-18-7-13-29(15-17-5-10-26-11-6-17)16-20(18)27-22(28-23)21-4-1-2-12-30(21)24(32)19-14-25(19)8-3-9-25/h5-6,10-11,19,21H,1-4,7-9,12-16H2,(H,27,28,31). The number of H-pyrrole nitrogens is 1. The summed E-state index contributed by atoms with van der Waals surface area (Å²) in [6.07, 6.45) is 12.1. The van der Waals surface area contributed by atoms with E-state index in [1.54, 1.807) is 0 Å². The number of piperidine rings is 1. The van der Waals surface area contributed by atoms with Gasteiger partial charge < -0.3 is 9.88 Å². The van der Waals surface area contributed by atoms with Gasteiger partial charge in [0.15, 0.2) is 0 Å². The fourth-order valence-corrected chi connectivity index (χ4v) is 6.11. The maximum absolute atomic E-state index is 13.4. The molecule has 32 heavy (non-hydrogen) atoms. The van der Waals surface area contributed by atoms with Gasteiger partial charge in [0.2, 0.25) is 5.91 Å². The summed E-state index contributed by atoms with van der Waals surface area (Å²) in [4.78, 5) is 42.8. The van der Waals surface area contributed by atoms with Crippen molar-refractivity contribution in [3.8, 4) is 0 Å². The second-order valence-electron chi connectivity index (χ2n) is 10.2. The molecule has 2 aliphatic carbocycles. The Balaban J connectivity index is 1.24. The molecule has 0 aromatic carbocycles. The lowest BCUT2D eigenvalue weighted by atomic mass is 9.79. The quantitative estimate of drug-likeness (QED) is 0.802. The van der Waals surface area contributed by atoms with Crippen LogP contribution in [0.4, 0.5) is 0 Å². The molecule has 1 spiro atoms. The number of likely N-dealkylation sites (tertiary alicyclic amines) is 1. The lowest BCUT2D eigenvalue weighted by Crippen LogP contribution is -2.43. The molecule has 7 nitrogen and oxygen atoms in total. The molecule has 7 heteroatoms. The molecule has 4 heterocycles. The Bertz CT molecular complexity index is 1080. The molecule has 3 fully saturated rings. The summed E-state index contributed by atoms with van der Waals surface area (Å²) in [5.74, 6) is 1.20. The van der Waals surface area contributed by atoms with E-state index < -0.39 is 0 Å². The summed E-state index contributed by atoms with van der Waals surface area (Å²) >= 11 is 0. The monoisotopic (exact) mass is 433 g/mol. The predicted octanol–water partition coefficient (Wildman–Crippen LogP) is 2.97. The van der Waals surface area contributed by atoms with Gasteiger partial charge in [0.05, 0.1) is 11.7 Å². The summed E-state index contributed by atoms with van der Waals surface area (Å²) in [5, 5.41) is 0. The SMILES string of the molecule is O=C(C1CC12CCC2)N1CCCCC1c1nc2c(c(=O)[nH]1)CCN(Cc1ccncc1)C2. The summed E-state index contributed by atoms with van der Waals surface area (Å²) in [6, 6.07) is 3.97. The van der Waals surface area contributed by atoms with Gasteiger partial charge in [-0.1, -0.05) is 6.42 Å². The predicted molar refractivity (Wildman–Crippen MR) is 120 cm³/mol. The third-order valence-electron chi connectivity index (χ3n) is 8.27. The van der Waals surface area contributed by atoms with Crippen LogP contribution in [0.15, 0.2) is 29.3 Å². The normalized spacial score (nSPS) is 26.4. The average Bonchev–Trinajstić information content (AvgIpc) is 3.56. The van der Waals surface area contributed by atoms with Gasteiger partial charge in [-0.3, -0.25) is 19.5 Å². The number of amides is 1. The van der Waals surface area contributed by atoms with Crippen LogP contribution in [0.25, 0.3) is 0 Å². The first-order valence-corrected chi connectivity index (χ1v) is 12.2. The highest BCUT2D eigenvalue weighted by atomic mass is 16.2. The highest BCUT2D eigenvalue weighted by Crippen LogP contribution is 2.66. The van der Waals surface area contributed by atoms with Crippen LogP contribution < -0.4 is 5.56 Å². The number of rotatable bonds is 4. The Morgan fingerprint density at radius 2 is 2.00 bits per heavy atom. The Kier molecular flexibility index (Phi) is 4.90. The Morgan fingerprint density at radius 1 is 1.16 bits per heavy atom. The first-order valence-electron chi connectivity index (χ1n) is 12.2. The van der Waals surface area contributed by atoms with E-state index in [1.807, 2.05) is 29.4 Å². The summed E-state index contributed by atoms with van der Waals surface area (Å²) < 4.78 is 0. The van der Waals surface area contributed by atoms with Crippen molar-refractivity contribution >= 4 is 5.91 Å². The third-order valence-corrected chi connectivity index (χ3v) is 8.27. The molecule has 168 valence electrons. The molecule has 0 bridgehead atoms. The Morgan fingerprint density at radius 3 is 2.75 bits per heavy atom. The number of carbonyl (C=O) groups excluding carboxylic acids is 1. The molecular formula is C25H31N5O2. The zero-order valence-electron chi connectivity index (χ0n) is 18.6. The van der Waals surface area contributed by atoms with E-state index in [0.29, 0.717) is 30.1 Å². The number of nitrogens with zero attached hydrogens (tertiary/aromatic N) is 4. The van der Waals surface area contributed by atoms with Gasteiger partial charge in [0.1, 0.15) is 5.82 Å². The second kappa shape index (κ2) is 7.80. The topological polar surface area (TPSA) is 82.2 Å². The highest BCUT2D eigenvalue weighted by molar-refractivity contribution is 5.83. The maximum Gasteiger partial charge on any atom is 0.254 e. The number of carbonyl (C=O) groups is 1. The van der Waals surface area contributed by atoms with Crippen LogP contribution in [0.1, 0.15) is 73.6 Å². The van der Waals surface area contributed by atoms with Crippen molar-refractivity contribution in [3.05, 3.63) is 57.5 Å². The fraction of sp³-hybridized carbons (Fsp3) is 0.600. The molecular weight excluding hydrogens is 402 g/mol. The van der Waals surface area contributed by atoms with Crippen LogP contribution in [-0.4, -0.2) is 43.7 Å². The van der Waals surface area contributed by atoms with Crippen molar-refractivity contribution < 1.29 is 4.79 Å². The molecule has 2 aromatic heterocycles. The molecule has 1 N–H and O–H groups in total. The molecule has 2 unspecified atom stereocenters. The first kappa shape index (κ1) is 20.1. The minimum atomic E-state index is -0.0949. The average molecular weight is 434 g/mol. The van der Waals surface area contributed by atoms with Crippen LogP contribution in [0, 0.1) is 11.3 Å². The number of nitrogens with one attached hydrogen (secondary N) is 1. The van der Waals surface area contributed by atoms with Gasteiger partial charge in [-0.15, -0.1) is 0 Å². The summed E-state index contributed by atoms with van der Waals surface area (Å²) in [5.41, 5.74) is 3.21. The third kappa shape index (κ3) is 3.47. The van der Waals surface area contributed by atoms with E-state index >= 15 is 0 Å². The maximum atomic E-state index is 13.4. The van der Waals surface area contributed by atoms with E-state index in [4.69, 9.17) is 4.98 Å². The lowest BCUT2D eigenvalue weighted by Gasteiger charge is -2.37. The van der Waals surface area contributed by atoms with Crippen molar-refractivity contribution in [1.82, 2.24) is 24.8 Å². The van der Waals surface area contributed by atoms with Gasteiger partial charge in [0.25, 0.3) is 5.56 Å². The Hall–Kier alpha value is -2.54. The largest absolute Gasteiger partial charge is 0.332 e. The Labute approximate surface area is 188 Å². The highest BCUT2D eigenvalue weighted by Gasteiger charge is 2.62. The number of hydrogen-bond donors (Lipinski definition) is 1. The van der Waals surface area contributed by atoms with Crippen molar-refractivity contribution in [3.63, 3.8) is 0 Å². The van der Waals surface area contributed by atoms with Crippen LogP contribution in [0.2, 0.25) is 0 Å². The number of hydrogen-bond acceptors (Lipinski definition) is 5. The van der Waals surface area contributed by atoms with E-state index in [1.165, 1.54) is 24.8 Å². The summed E-state index contributed by atoms with van der Waals surface area (Å²) in [7, 11) is 0. The van der Waals surface area contributed by atoms with E-state index in [-0.39, 0.29) is 17.5 Å². The molecule has 2 saturated carbocycles. The minimum Gasteiger partial charge on any atom is -0.332 e. The molecule has 2 aliphatic heterocycles. The van der Waals surface area contributed by atoms with Crippen molar-refractivity contribution in [1.29, 1.82) is 0 Å².